The first kappa shape index (κ1) is 10.5. The molecule has 0 aliphatic rings. The third-order valence-corrected chi connectivity index (χ3v) is 3.76. The van der Waals surface area contributed by atoms with Crippen LogP contribution in [0.5, 0.6) is 0 Å². The van der Waals surface area contributed by atoms with Crippen molar-refractivity contribution < 1.29 is 0 Å². The Morgan fingerprint density at radius 1 is 1.29 bits per heavy atom. The normalized spacial score (nSPS) is 10.5. The SMILES string of the molecule is Clc1nsc(-c2cc(Br)ccc2Br)n1. The van der Waals surface area contributed by atoms with Gasteiger partial charge in [0.25, 0.3) is 0 Å². The summed E-state index contributed by atoms with van der Waals surface area (Å²) in [5, 5.41) is 1.10. The molecule has 0 unspecified atom stereocenters. The molecular formula is C8H3Br2ClN2S. The highest BCUT2D eigenvalue weighted by molar-refractivity contribution is 9.11. The fourth-order valence-corrected chi connectivity index (χ4v) is 2.74. The molecule has 0 radical (unpaired) electrons. The van der Waals surface area contributed by atoms with Crippen molar-refractivity contribution in [2.75, 3.05) is 0 Å². The van der Waals surface area contributed by atoms with Gasteiger partial charge in [0, 0.05) is 14.5 Å². The van der Waals surface area contributed by atoms with Crippen LogP contribution in [0.4, 0.5) is 0 Å². The minimum Gasteiger partial charge on any atom is -0.205 e. The first-order valence-corrected chi connectivity index (χ1v) is 6.35. The van der Waals surface area contributed by atoms with E-state index in [1.165, 1.54) is 11.5 Å². The van der Waals surface area contributed by atoms with Crippen LogP contribution in [0.1, 0.15) is 0 Å². The van der Waals surface area contributed by atoms with Crippen LogP contribution in [0.2, 0.25) is 5.28 Å². The van der Waals surface area contributed by atoms with Gasteiger partial charge in [0.2, 0.25) is 5.28 Å². The van der Waals surface area contributed by atoms with Gasteiger partial charge in [0.15, 0.2) is 0 Å². The van der Waals surface area contributed by atoms with Crippen LogP contribution in [0.15, 0.2) is 27.1 Å². The van der Waals surface area contributed by atoms with Crippen molar-refractivity contribution in [2.24, 2.45) is 0 Å². The first-order valence-electron chi connectivity index (χ1n) is 3.61. The summed E-state index contributed by atoms with van der Waals surface area (Å²) in [6, 6.07) is 5.88. The van der Waals surface area contributed by atoms with Gasteiger partial charge < -0.3 is 0 Å². The van der Waals surface area contributed by atoms with Gasteiger partial charge in [0.05, 0.1) is 0 Å². The second-order valence-electron chi connectivity index (χ2n) is 2.49. The summed E-state index contributed by atoms with van der Waals surface area (Å²) in [5.41, 5.74) is 0.990. The Hall–Kier alpha value is 0.0300. The molecule has 6 heteroatoms. The van der Waals surface area contributed by atoms with Gasteiger partial charge >= 0.3 is 0 Å². The maximum absolute atomic E-state index is 5.66. The van der Waals surface area contributed by atoms with Crippen molar-refractivity contribution in [3.05, 3.63) is 32.4 Å². The molecule has 0 bridgehead atoms. The second kappa shape index (κ2) is 4.26. The lowest BCUT2D eigenvalue weighted by Crippen LogP contribution is -1.78. The molecule has 0 atom stereocenters. The molecule has 0 aliphatic heterocycles. The molecule has 1 aromatic heterocycles. The highest BCUT2D eigenvalue weighted by Crippen LogP contribution is 2.32. The van der Waals surface area contributed by atoms with Gasteiger partial charge in [-0.15, -0.1) is 0 Å². The number of hydrogen-bond acceptors (Lipinski definition) is 3. The molecule has 2 rings (SSSR count). The number of benzene rings is 1. The van der Waals surface area contributed by atoms with E-state index in [-0.39, 0.29) is 5.28 Å². The Morgan fingerprint density at radius 3 is 2.71 bits per heavy atom. The van der Waals surface area contributed by atoms with Gasteiger partial charge in [-0.2, -0.15) is 4.37 Å². The van der Waals surface area contributed by atoms with E-state index in [0.29, 0.717) is 0 Å². The van der Waals surface area contributed by atoms with E-state index in [1.54, 1.807) is 0 Å². The summed E-state index contributed by atoms with van der Waals surface area (Å²) >= 11 is 13.8. The Bertz CT molecular complexity index is 472. The summed E-state index contributed by atoms with van der Waals surface area (Å²) in [6.45, 7) is 0. The number of hydrogen-bond donors (Lipinski definition) is 0. The van der Waals surface area contributed by atoms with E-state index in [2.05, 4.69) is 41.2 Å². The minimum atomic E-state index is 0.289. The van der Waals surface area contributed by atoms with E-state index in [1.807, 2.05) is 18.2 Å². The number of nitrogens with zero attached hydrogens (tertiary/aromatic N) is 2. The van der Waals surface area contributed by atoms with Crippen molar-refractivity contribution in [3.63, 3.8) is 0 Å². The molecule has 0 saturated heterocycles. The van der Waals surface area contributed by atoms with Gasteiger partial charge in [-0.3, -0.25) is 0 Å². The van der Waals surface area contributed by atoms with Crippen LogP contribution < -0.4 is 0 Å². The maximum Gasteiger partial charge on any atom is 0.234 e. The molecule has 0 fully saturated rings. The Balaban J connectivity index is 2.55. The van der Waals surface area contributed by atoms with E-state index in [9.17, 15) is 0 Å². The smallest absolute Gasteiger partial charge is 0.205 e. The number of halogens is 3. The molecule has 0 aliphatic carbocycles. The van der Waals surface area contributed by atoms with E-state index in [0.717, 1.165) is 19.5 Å². The predicted octanol–water partition coefficient (Wildman–Crippen LogP) is 4.38. The minimum absolute atomic E-state index is 0.289. The maximum atomic E-state index is 5.66. The van der Waals surface area contributed by atoms with Gasteiger partial charge in [0.1, 0.15) is 5.01 Å². The molecule has 0 saturated carbocycles. The Labute approximate surface area is 107 Å². The van der Waals surface area contributed by atoms with Crippen LogP contribution in [-0.4, -0.2) is 9.36 Å². The molecule has 0 N–H and O–H groups in total. The van der Waals surface area contributed by atoms with Crippen molar-refractivity contribution in [2.45, 2.75) is 0 Å². The van der Waals surface area contributed by atoms with Crippen LogP contribution in [0.3, 0.4) is 0 Å². The highest BCUT2D eigenvalue weighted by Gasteiger charge is 2.08. The van der Waals surface area contributed by atoms with Crippen molar-refractivity contribution in [1.29, 1.82) is 0 Å². The molecular weight excluding hydrogens is 351 g/mol. The lowest BCUT2D eigenvalue weighted by Gasteiger charge is -1.99. The number of rotatable bonds is 1. The molecule has 14 heavy (non-hydrogen) atoms. The number of aromatic nitrogens is 2. The third-order valence-electron chi connectivity index (χ3n) is 1.56. The summed E-state index contributed by atoms with van der Waals surface area (Å²) in [4.78, 5) is 4.10. The zero-order valence-corrected chi connectivity index (χ0v) is 11.4. The first-order chi connectivity index (χ1) is 6.66. The molecule has 0 amide bonds. The lowest BCUT2D eigenvalue weighted by molar-refractivity contribution is 1.32. The average molecular weight is 354 g/mol. The third kappa shape index (κ3) is 2.16. The molecule has 1 aromatic carbocycles. The molecule has 0 spiro atoms. The van der Waals surface area contributed by atoms with E-state index in [4.69, 9.17) is 11.6 Å². The Morgan fingerprint density at radius 2 is 2.07 bits per heavy atom. The van der Waals surface area contributed by atoms with E-state index >= 15 is 0 Å². The molecule has 2 aromatic rings. The fraction of sp³-hybridized carbons (Fsp3) is 0. The van der Waals surface area contributed by atoms with Crippen LogP contribution >= 0.6 is 55.0 Å². The van der Waals surface area contributed by atoms with Crippen molar-refractivity contribution >= 4 is 55.0 Å². The molecule has 1 heterocycles. The summed E-state index contributed by atoms with van der Waals surface area (Å²) in [7, 11) is 0. The fourth-order valence-electron chi connectivity index (χ4n) is 0.976. The van der Waals surface area contributed by atoms with Crippen LogP contribution in [0.25, 0.3) is 10.6 Å². The molecule has 2 nitrogen and oxygen atoms in total. The highest BCUT2D eigenvalue weighted by atomic mass is 79.9. The Kier molecular flexibility index (Phi) is 3.21. The molecule has 72 valence electrons. The topological polar surface area (TPSA) is 25.8 Å². The zero-order chi connectivity index (χ0) is 10.1. The monoisotopic (exact) mass is 352 g/mol. The summed E-state index contributed by atoms with van der Waals surface area (Å²) < 4.78 is 5.91. The second-order valence-corrected chi connectivity index (χ2v) is 5.35. The average Bonchev–Trinajstić information content (AvgIpc) is 2.56. The van der Waals surface area contributed by atoms with Gasteiger partial charge in [-0.1, -0.05) is 31.9 Å². The summed E-state index contributed by atoms with van der Waals surface area (Å²) in [5.74, 6) is 0. The quantitative estimate of drug-likeness (QED) is 0.759. The predicted molar refractivity (Wildman–Crippen MR) is 65.8 cm³/mol. The van der Waals surface area contributed by atoms with E-state index < -0.39 is 0 Å². The van der Waals surface area contributed by atoms with Crippen LogP contribution in [0, 0.1) is 0 Å². The van der Waals surface area contributed by atoms with Crippen LogP contribution in [-0.2, 0) is 0 Å². The zero-order valence-electron chi connectivity index (χ0n) is 6.67. The lowest BCUT2D eigenvalue weighted by atomic mass is 10.2. The van der Waals surface area contributed by atoms with Gasteiger partial charge in [-0.05, 0) is 41.3 Å². The summed E-state index contributed by atoms with van der Waals surface area (Å²) in [6.07, 6.45) is 0. The standard InChI is InChI=1S/C8H3Br2ClN2S/c9-4-1-2-6(10)5(3-4)7-12-8(11)13-14-7/h1-3H. The van der Waals surface area contributed by atoms with Crippen molar-refractivity contribution in [3.8, 4) is 10.6 Å². The van der Waals surface area contributed by atoms with Gasteiger partial charge in [-0.25, -0.2) is 4.98 Å². The van der Waals surface area contributed by atoms with Crippen molar-refractivity contribution in [1.82, 2.24) is 9.36 Å². The largest absolute Gasteiger partial charge is 0.234 e.